The number of para-hydroxylation sites is 1. The van der Waals surface area contributed by atoms with Crippen molar-refractivity contribution in [2.75, 3.05) is 5.73 Å². The number of aromatic amines is 1. The van der Waals surface area contributed by atoms with Crippen LogP contribution in [0.5, 0.6) is 0 Å². The Labute approximate surface area is 189 Å². The average molecular weight is 452 g/mol. The topological polar surface area (TPSA) is 124 Å². The Morgan fingerprint density at radius 2 is 1.85 bits per heavy atom. The van der Waals surface area contributed by atoms with Crippen molar-refractivity contribution in [3.63, 3.8) is 0 Å². The first kappa shape index (κ1) is 22.4. The molecule has 0 aliphatic heterocycles. The van der Waals surface area contributed by atoms with Crippen molar-refractivity contribution in [1.82, 2.24) is 29.1 Å². The number of imidazole rings is 1. The molecule has 0 amide bonds. The molecule has 33 heavy (non-hydrogen) atoms. The first-order valence-corrected chi connectivity index (χ1v) is 11.0. The van der Waals surface area contributed by atoms with Crippen molar-refractivity contribution in [2.45, 2.75) is 52.1 Å². The second-order valence-corrected chi connectivity index (χ2v) is 7.90. The summed E-state index contributed by atoms with van der Waals surface area (Å²) in [6, 6.07) is 7.45. The van der Waals surface area contributed by atoms with Crippen molar-refractivity contribution in [2.24, 2.45) is 0 Å². The molecule has 0 unspecified atom stereocenters. The first-order chi connectivity index (χ1) is 16.0. The number of aryl methyl sites for hydroxylation is 2. The zero-order valence-corrected chi connectivity index (χ0v) is 18.4. The first-order valence-electron chi connectivity index (χ1n) is 11.0. The molecule has 4 aromatic rings. The number of hydrogen-bond acceptors (Lipinski definition) is 6. The van der Waals surface area contributed by atoms with Crippen LogP contribution in [-0.4, -0.2) is 29.1 Å². The van der Waals surface area contributed by atoms with Crippen molar-refractivity contribution in [3.8, 4) is 0 Å². The molecule has 0 bridgehead atoms. The predicted molar refractivity (Wildman–Crippen MR) is 123 cm³/mol. The summed E-state index contributed by atoms with van der Waals surface area (Å²) in [5.41, 5.74) is 7.31. The highest BCUT2D eigenvalue weighted by atomic mass is 19.1. The van der Waals surface area contributed by atoms with Crippen LogP contribution in [0.2, 0.25) is 0 Å². The van der Waals surface area contributed by atoms with E-state index in [0.717, 1.165) is 18.4 Å². The number of nitrogens with two attached hydrogens (primary N) is 1. The average Bonchev–Trinajstić information content (AvgIpc) is 3.22. The number of anilines is 1. The van der Waals surface area contributed by atoms with Gasteiger partial charge in [-0.2, -0.15) is 4.39 Å². The molecular weight excluding hydrogens is 425 g/mol. The van der Waals surface area contributed by atoms with Crippen LogP contribution in [0.25, 0.3) is 11.2 Å². The lowest BCUT2D eigenvalue weighted by Crippen LogP contribution is -2.40. The molecule has 3 heterocycles. The Hall–Kier alpha value is -3.82. The number of nitrogen functional groups attached to an aromatic ring is 1. The van der Waals surface area contributed by atoms with Gasteiger partial charge in [-0.3, -0.25) is 18.9 Å². The van der Waals surface area contributed by atoms with E-state index in [0.29, 0.717) is 37.4 Å². The highest BCUT2D eigenvalue weighted by Gasteiger charge is 2.18. The quantitative estimate of drug-likeness (QED) is 0.297. The molecule has 1 aromatic carbocycles. The van der Waals surface area contributed by atoms with E-state index in [1.54, 1.807) is 0 Å². The normalized spacial score (nSPS) is 11.3. The minimum absolute atomic E-state index is 0.0173. The van der Waals surface area contributed by atoms with Gasteiger partial charge in [0.1, 0.15) is 17.0 Å². The monoisotopic (exact) mass is 451 g/mol. The van der Waals surface area contributed by atoms with Crippen LogP contribution in [0, 0.1) is 5.95 Å². The van der Waals surface area contributed by atoms with Crippen LogP contribution in [-0.2, 0) is 25.9 Å². The van der Waals surface area contributed by atoms with Crippen LogP contribution in [0.3, 0.4) is 0 Å². The van der Waals surface area contributed by atoms with E-state index in [1.165, 1.54) is 21.5 Å². The number of H-pyrrole nitrogens is 1. The number of benzene rings is 1. The lowest BCUT2D eigenvalue weighted by atomic mass is 10.1. The van der Waals surface area contributed by atoms with Gasteiger partial charge >= 0.3 is 5.69 Å². The smallest absolute Gasteiger partial charge is 0.332 e. The number of unbranched alkanes of at least 4 members (excludes halogenated alkanes) is 2. The Balaban J connectivity index is 1.77. The van der Waals surface area contributed by atoms with Gasteiger partial charge in [-0.15, -0.1) is 0 Å². The molecule has 0 spiro atoms. The lowest BCUT2D eigenvalue weighted by molar-refractivity contribution is 0.531. The largest absolute Gasteiger partial charge is 0.399 e. The molecule has 0 radical (unpaired) electrons. The summed E-state index contributed by atoms with van der Waals surface area (Å²) in [7, 11) is 0. The van der Waals surface area contributed by atoms with Gasteiger partial charge in [-0.25, -0.2) is 14.8 Å². The van der Waals surface area contributed by atoms with Crippen molar-refractivity contribution in [1.29, 1.82) is 0 Å². The maximum Gasteiger partial charge on any atom is 0.332 e. The summed E-state index contributed by atoms with van der Waals surface area (Å²) < 4.78 is 16.7. The fraction of sp³-hybridized carbons (Fsp3) is 0.348. The van der Waals surface area contributed by atoms with E-state index in [-0.39, 0.29) is 23.3 Å². The van der Waals surface area contributed by atoms with Gasteiger partial charge in [-0.1, -0.05) is 38.0 Å². The lowest BCUT2D eigenvalue weighted by Gasteiger charge is -2.12. The summed E-state index contributed by atoms with van der Waals surface area (Å²) in [6.45, 7) is 2.67. The van der Waals surface area contributed by atoms with Crippen LogP contribution in [0.15, 0.2) is 46.2 Å². The molecular formula is C23H26FN7O2. The Morgan fingerprint density at radius 3 is 2.61 bits per heavy atom. The van der Waals surface area contributed by atoms with Gasteiger partial charge in [-0.05, 0) is 24.5 Å². The third-order valence-corrected chi connectivity index (χ3v) is 5.61. The van der Waals surface area contributed by atoms with Gasteiger partial charge in [0, 0.05) is 31.2 Å². The van der Waals surface area contributed by atoms with E-state index >= 15 is 0 Å². The highest BCUT2D eigenvalue weighted by Crippen LogP contribution is 2.14. The number of rotatable bonds is 9. The van der Waals surface area contributed by atoms with E-state index in [1.807, 2.05) is 24.3 Å². The van der Waals surface area contributed by atoms with Crippen molar-refractivity contribution >= 4 is 16.9 Å². The van der Waals surface area contributed by atoms with Crippen LogP contribution >= 0.6 is 0 Å². The Kier molecular flexibility index (Phi) is 6.62. The van der Waals surface area contributed by atoms with E-state index in [4.69, 9.17) is 5.73 Å². The van der Waals surface area contributed by atoms with Gasteiger partial charge in [0.25, 0.3) is 5.56 Å². The van der Waals surface area contributed by atoms with E-state index in [9.17, 15) is 14.0 Å². The second kappa shape index (κ2) is 9.76. The summed E-state index contributed by atoms with van der Waals surface area (Å²) in [4.78, 5) is 41.5. The molecule has 4 rings (SSSR count). The Morgan fingerprint density at radius 1 is 1.06 bits per heavy atom. The zero-order valence-electron chi connectivity index (χ0n) is 18.4. The molecule has 0 aliphatic carbocycles. The number of nitrogens with zero attached hydrogens (tertiary/aromatic N) is 5. The second-order valence-electron chi connectivity index (χ2n) is 7.90. The molecule has 10 heteroatoms. The summed E-state index contributed by atoms with van der Waals surface area (Å²) in [5.74, 6) is -0.368. The minimum Gasteiger partial charge on any atom is -0.399 e. The third-order valence-electron chi connectivity index (χ3n) is 5.61. The van der Waals surface area contributed by atoms with Gasteiger partial charge in [0.2, 0.25) is 5.95 Å². The fourth-order valence-electron chi connectivity index (χ4n) is 3.84. The number of halogens is 1. The zero-order chi connectivity index (χ0) is 23.4. The highest BCUT2D eigenvalue weighted by molar-refractivity contribution is 5.70. The molecule has 0 saturated heterocycles. The fourth-order valence-corrected chi connectivity index (χ4v) is 3.84. The maximum absolute atomic E-state index is 14.0. The number of hydrogen-bond donors (Lipinski definition) is 2. The van der Waals surface area contributed by atoms with Crippen LogP contribution in [0.1, 0.15) is 43.3 Å². The summed E-state index contributed by atoms with van der Waals surface area (Å²) in [5, 5.41) is 0. The standard InChI is InChI=1S/C23H26FN7O2/c1-2-3-6-12-31-22(32)19-21(29-18(28-19)14-17-20(24)27-11-10-26-17)30(23(31)33)13-9-15-7-4-5-8-16(15)25/h4-5,7-8,10-11H,2-3,6,9,12-14,25H2,1H3,(H,28,29). The Bertz CT molecular complexity index is 1390. The van der Waals surface area contributed by atoms with E-state index in [2.05, 4.69) is 26.9 Å². The van der Waals surface area contributed by atoms with Crippen molar-refractivity contribution in [3.05, 3.63) is 80.5 Å². The van der Waals surface area contributed by atoms with Crippen molar-refractivity contribution < 1.29 is 4.39 Å². The molecule has 0 saturated carbocycles. The number of nitrogens with one attached hydrogen (secondary N) is 1. The van der Waals surface area contributed by atoms with Crippen LogP contribution in [0.4, 0.5) is 10.1 Å². The van der Waals surface area contributed by atoms with E-state index < -0.39 is 17.2 Å². The summed E-state index contributed by atoms with van der Waals surface area (Å²) >= 11 is 0. The molecule has 3 aromatic heterocycles. The number of aromatic nitrogens is 6. The van der Waals surface area contributed by atoms with Gasteiger partial charge in [0.05, 0.1) is 6.42 Å². The predicted octanol–water partition coefficient (Wildman–Crippen LogP) is 2.42. The molecule has 9 nitrogen and oxygen atoms in total. The molecule has 0 aliphatic rings. The SMILES string of the molecule is CCCCCn1c(=O)c2[nH]c(Cc3nccnc3F)nc2n(CCc2ccccc2N)c1=O. The maximum atomic E-state index is 14.0. The molecule has 3 N–H and O–H groups in total. The number of fused-ring (bicyclic) bond motifs is 1. The third kappa shape index (κ3) is 4.69. The van der Waals surface area contributed by atoms with Gasteiger partial charge in [0.15, 0.2) is 5.65 Å². The summed E-state index contributed by atoms with van der Waals surface area (Å²) in [6.07, 6.45) is 5.76. The van der Waals surface area contributed by atoms with Crippen LogP contribution < -0.4 is 17.0 Å². The minimum atomic E-state index is -0.702. The molecule has 172 valence electrons. The molecule has 0 fully saturated rings. The molecule has 0 atom stereocenters. The van der Waals surface area contributed by atoms with Gasteiger partial charge < -0.3 is 10.7 Å².